The van der Waals surface area contributed by atoms with Gasteiger partial charge in [-0.2, -0.15) is 5.10 Å². The Hall–Kier alpha value is -1.99. The smallest absolute Gasteiger partial charge is 0.180 e. The molecule has 0 aromatic heterocycles. The highest BCUT2D eigenvalue weighted by atomic mass is 79.9. The molecule has 0 spiro atoms. The first-order valence-corrected chi connectivity index (χ1v) is 8.86. The van der Waals surface area contributed by atoms with Crippen LogP contribution in [-0.4, -0.2) is 25.6 Å². The highest BCUT2D eigenvalue weighted by molar-refractivity contribution is 9.10. The van der Waals surface area contributed by atoms with Crippen LogP contribution in [0.25, 0.3) is 0 Å². The number of rotatable bonds is 6. The van der Waals surface area contributed by atoms with Gasteiger partial charge in [-0.05, 0) is 33.6 Å². The van der Waals surface area contributed by atoms with E-state index in [1.165, 1.54) is 17.3 Å². The minimum absolute atomic E-state index is 0.409. The number of amidine groups is 1. The maximum atomic E-state index is 5.87. The molecular weight excluding hydrogens is 390 g/mol. The first-order valence-electron chi connectivity index (χ1n) is 7.08. The maximum absolute atomic E-state index is 5.87. The van der Waals surface area contributed by atoms with Gasteiger partial charge >= 0.3 is 0 Å². The van der Waals surface area contributed by atoms with Gasteiger partial charge in [0.25, 0.3) is 0 Å². The van der Waals surface area contributed by atoms with E-state index >= 15 is 0 Å². The molecule has 24 heavy (non-hydrogen) atoms. The molecule has 0 atom stereocenters. The Kier molecular flexibility index (Phi) is 7.14. The number of ether oxygens (including phenoxy) is 2. The normalized spacial score (nSPS) is 11.7. The number of hydrogen-bond donors (Lipinski definition) is 1. The molecule has 0 saturated carbocycles. The molecule has 2 rings (SSSR count). The van der Waals surface area contributed by atoms with Crippen molar-refractivity contribution in [3.8, 4) is 11.5 Å². The van der Waals surface area contributed by atoms with Crippen molar-refractivity contribution in [2.45, 2.75) is 5.75 Å². The zero-order valence-electron chi connectivity index (χ0n) is 13.4. The minimum atomic E-state index is 0.409. The lowest BCUT2D eigenvalue weighted by Crippen LogP contribution is -2.06. The van der Waals surface area contributed by atoms with E-state index in [0.29, 0.717) is 16.7 Å². The molecule has 0 aliphatic heterocycles. The van der Waals surface area contributed by atoms with E-state index in [1.54, 1.807) is 20.4 Å². The summed E-state index contributed by atoms with van der Waals surface area (Å²) in [5.41, 5.74) is 7.87. The van der Waals surface area contributed by atoms with Crippen LogP contribution in [0.15, 0.2) is 57.1 Å². The van der Waals surface area contributed by atoms with Crippen LogP contribution in [0.3, 0.4) is 0 Å². The summed E-state index contributed by atoms with van der Waals surface area (Å²) in [4.78, 5) is 0. The zero-order chi connectivity index (χ0) is 17.4. The molecule has 0 saturated heterocycles. The number of thioether (sulfide) groups is 1. The molecule has 0 fully saturated rings. The molecule has 0 unspecified atom stereocenters. The molecule has 0 bridgehead atoms. The second-order valence-corrected chi connectivity index (χ2v) is 6.54. The average Bonchev–Trinajstić information content (AvgIpc) is 2.61. The van der Waals surface area contributed by atoms with Crippen molar-refractivity contribution >= 4 is 39.1 Å². The van der Waals surface area contributed by atoms with Crippen molar-refractivity contribution in [2.24, 2.45) is 15.9 Å². The summed E-state index contributed by atoms with van der Waals surface area (Å²) in [6.07, 6.45) is 1.61. The van der Waals surface area contributed by atoms with Gasteiger partial charge in [-0.3, -0.25) is 0 Å². The van der Waals surface area contributed by atoms with Gasteiger partial charge < -0.3 is 15.2 Å². The molecule has 7 heteroatoms. The van der Waals surface area contributed by atoms with Crippen molar-refractivity contribution in [3.05, 3.63) is 58.1 Å². The highest BCUT2D eigenvalue weighted by Gasteiger charge is 2.08. The lowest BCUT2D eigenvalue weighted by atomic mass is 10.2. The summed E-state index contributed by atoms with van der Waals surface area (Å²) in [6.45, 7) is 0. The topological polar surface area (TPSA) is 69.2 Å². The zero-order valence-corrected chi connectivity index (χ0v) is 15.8. The fourth-order valence-corrected chi connectivity index (χ4v) is 2.91. The van der Waals surface area contributed by atoms with E-state index < -0.39 is 0 Å². The molecule has 2 aromatic carbocycles. The molecule has 2 N–H and O–H groups in total. The lowest BCUT2D eigenvalue weighted by molar-refractivity contribution is 0.354. The summed E-state index contributed by atoms with van der Waals surface area (Å²) < 4.78 is 11.3. The first-order chi connectivity index (χ1) is 11.6. The van der Waals surface area contributed by atoms with Crippen LogP contribution in [0.2, 0.25) is 0 Å². The van der Waals surface area contributed by atoms with Gasteiger partial charge in [-0.1, -0.05) is 42.1 Å². The second-order valence-electron chi connectivity index (χ2n) is 4.69. The number of halogens is 1. The van der Waals surface area contributed by atoms with Crippen LogP contribution < -0.4 is 15.2 Å². The Morgan fingerprint density at radius 1 is 1.17 bits per heavy atom. The fraction of sp³-hybridized carbons (Fsp3) is 0.176. The average molecular weight is 408 g/mol. The minimum Gasteiger partial charge on any atom is -0.493 e. The predicted octanol–water partition coefficient (Wildman–Crippen LogP) is 4.05. The Morgan fingerprint density at radius 2 is 1.83 bits per heavy atom. The molecule has 0 aliphatic rings. The van der Waals surface area contributed by atoms with E-state index in [0.717, 1.165) is 15.8 Å². The monoisotopic (exact) mass is 407 g/mol. The maximum Gasteiger partial charge on any atom is 0.180 e. The third-order valence-electron chi connectivity index (χ3n) is 3.09. The molecule has 126 valence electrons. The molecular formula is C17H18BrN3O2S. The van der Waals surface area contributed by atoms with Crippen molar-refractivity contribution in [2.75, 3.05) is 14.2 Å². The predicted molar refractivity (Wildman–Crippen MR) is 104 cm³/mol. The van der Waals surface area contributed by atoms with Crippen LogP contribution in [-0.2, 0) is 5.75 Å². The summed E-state index contributed by atoms with van der Waals surface area (Å²) in [7, 11) is 3.18. The summed E-state index contributed by atoms with van der Waals surface area (Å²) in [5, 5.41) is 8.45. The van der Waals surface area contributed by atoms with Crippen molar-refractivity contribution in [1.29, 1.82) is 0 Å². The third kappa shape index (κ3) is 5.28. The van der Waals surface area contributed by atoms with Gasteiger partial charge in [0, 0.05) is 15.8 Å². The van der Waals surface area contributed by atoms with Crippen molar-refractivity contribution in [3.63, 3.8) is 0 Å². The van der Waals surface area contributed by atoms with Crippen LogP contribution in [0.1, 0.15) is 11.1 Å². The number of benzene rings is 2. The van der Waals surface area contributed by atoms with E-state index in [-0.39, 0.29) is 0 Å². The molecule has 0 amide bonds. The Bertz CT molecular complexity index is 736. The summed E-state index contributed by atoms with van der Waals surface area (Å²) in [5.74, 6) is 2.02. The first kappa shape index (κ1) is 18.4. The van der Waals surface area contributed by atoms with Crippen molar-refractivity contribution < 1.29 is 9.47 Å². The number of hydrogen-bond acceptors (Lipinski definition) is 5. The molecule has 5 nitrogen and oxygen atoms in total. The Morgan fingerprint density at radius 3 is 2.50 bits per heavy atom. The molecule has 2 aromatic rings. The third-order valence-corrected chi connectivity index (χ3v) is 4.63. The van der Waals surface area contributed by atoms with E-state index in [2.05, 4.69) is 26.1 Å². The highest BCUT2D eigenvalue weighted by Crippen LogP contribution is 2.32. The van der Waals surface area contributed by atoms with E-state index in [4.69, 9.17) is 15.2 Å². The fourth-order valence-electron chi connectivity index (χ4n) is 1.88. The van der Waals surface area contributed by atoms with Gasteiger partial charge in [0.2, 0.25) is 0 Å². The molecule has 0 heterocycles. The van der Waals surface area contributed by atoms with E-state index in [1.807, 2.05) is 42.5 Å². The van der Waals surface area contributed by atoms with E-state index in [9.17, 15) is 0 Å². The lowest BCUT2D eigenvalue weighted by Gasteiger charge is -2.09. The summed E-state index contributed by atoms with van der Waals surface area (Å²) >= 11 is 4.91. The van der Waals surface area contributed by atoms with Crippen LogP contribution in [0, 0.1) is 0 Å². The van der Waals surface area contributed by atoms with Gasteiger partial charge in [0.1, 0.15) is 0 Å². The van der Waals surface area contributed by atoms with Gasteiger partial charge in [-0.15, -0.1) is 5.10 Å². The Balaban J connectivity index is 2.02. The standard InChI is InChI=1S/C17H18BrN3O2S/c1-22-15-8-13(14(18)9-16(15)23-2)10-20-21-17(19)24-11-12-6-4-3-5-7-12/h3-10H,11H2,1-2H3,(H2,19,21). The van der Waals surface area contributed by atoms with Crippen LogP contribution in [0.5, 0.6) is 11.5 Å². The SMILES string of the molecule is COc1cc(Br)c(C=NN=C(N)SCc2ccccc2)cc1OC. The van der Waals surface area contributed by atoms with Gasteiger partial charge in [-0.25, -0.2) is 0 Å². The number of nitrogens with two attached hydrogens (primary N) is 1. The van der Waals surface area contributed by atoms with Gasteiger partial charge in [0.15, 0.2) is 16.7 Å². The number of methoxy groups -OCH3 is 2. The van der Waals surface area contributed by atoms with Gasteiger partial charge in [0.05, 0.1) is 20.4 Å². The molecule has 0 radical (unpaired) electrons. The summed E-state index contributed by atoms with van der Waals surface area (Å²) in [6, 6.07) is 13.7. The largest absolute Gasteiger partial charge is 0.493 e. The van der Waals surface area contributed by atoms with Crippen molar-refractivity contribution in [1.82, 2.24) is 0 Å². The molecule has 0 aliphatic carbocycles. The quantitative estimate of drug-likeness (QED) is 0.445. The second kappa shape index (κ2) is 9.34. The Labute approximate surface area is 154 Å². The van der Waals surface area contributed by atoms with Crippen LogP contribution >= 0.6 is 27.7 Å². The number of nitrogens with zero attached hydrogens (tertiary/aromatic N) is 2. The van der Waals surface area contributed by atoms with Crippen LogP contribution in [0.4, 0.5) is 0 Å².